The van der Waals surface area contributed by atoms with Gasteiger partial charge in [0.2, 0.25) is 5.71 Å². The van der Waals surface area contributed by atoms with E-state index in [1.807, 2.05) is 30.3 Å². The second-order valence-corrected chi connectivity index (χ2v) is 4.01. The zero-order valence-corrected chi connectivity index (χ0v) is 9.61. The average molecular weight is 242 g/mol. The van der Waals surface area contributed by atoms with Gasteiger partial charge in [-0.25, -0.2) is 4.79 Å². The summed E-state index contributed by atoms with van der Waals surface area (Å²) < 4.78 is 5.44. The number of aryl methyl sites for hydroxylation is 1. The Labute approximate surface area is 101 Å². The number of hydrogen-bond acceptors (Lipinski definition) is 3. The van der Waals surface area contributed by atoms with E-state index in [4.69, 9.17) is 4.42 Å². The van der Waals surface area contributed by atoms with E-state index in [1.165, 1.54) is 0 Å². The fourth-order valence-electron chi connectivity index (χ4n) is 2.10. The Kier molecular flexibility index (Phi) is 2.19. The van der Waals surface area contributed by atoms with Crippen molar-refractivity contribution in [2.24, 2.45) is 0 Å². The number of nitrogens with one attached hydrogen (secondary N) is 2. The third-order valence-corrected chi connectivity index (χ3v) is 2.83. The summed E-state index contributed by atoms with van der Waals surface area (Å²) in [5.74, 6) is 0.601. The van der Waals surface area contributed by atoms with Crippen molar-refractivity contribution in [1.29, 1.82) is 0 Å². The zero-order chi connectivity index (χ0) is 12.7. The Bertz CT molecular complexity index is 825. The normalized spacial score (nSPS) is 10.9. The smallest absolute Gasteiger partial charge is 0.328 e. The summed E-state index contributed by atoms with van der Waals surface area (Å²) in [6.45, 7) is 1.76. The minimum absolute atomic E-state index is 0.208. The van der Waals surface area contributed by atoms with Gasteiger partial charge in [0.25, 0.3) is 5.56 Å². The molecule has 0 fully saturated rings. The molecule has 0 bridgehead atoms. The predicted molar refractivity (Wildman–Crippen MR) is 67.6 cm³/mol. The summed E-state index contributed by atoms with van der Waals surface area (Å²) in [6, 6.07) is 9.44. The van der Waals surface area contributed by atoms with Crippen molar-refractivity contribution >= 4 is 11.1 Å². The first-order valence-electron chi connectivity index (χ1n) is 5.48. The van der Waals surface area contributed by atoms with E-state index in [9.17, 15) is 9.59 Å². The van der Waals surface area contributed by atoms with Crippen LogP contribution in [0.25, 0.3) is 22.2 Å². The molecule has 2 aromatic heterocycles. The standard InChI is InChI=1S/C13H10N2O3/c1-7-9(8-5-3-2-4-6-8)10-11(16)14-13(17)15-12(10)18-7/h2-6H,1H3,(H2,14,15,16,17). The maximum absolute atomic E-state index is 11.9. The van der Waals surface area contributed by atoms with Gasteiger partial charge in [0.05, 0.1) is 0 Å². The zero-order valence-electron chi connectivity index (χ0n) is 9.61. The molecule has 0 unspecified atom stereocenters. The van der Waals surface area contributed by atoms with Crippen LogP contribution in [0, 0.1) is 6.92 Å². The predicted octanol–water partition coefficient (Wildman–Crippen LogP) is 1.78. The molecule has 90 valence electrons. The molecule has 0 aliphatic heterocycles. The van der Waals surface area contributed by atoms with Gasteiger partial charge in [-0.15, -0.1) is 0 Å². The van der Waals surface area contributed by atoms with E-state index < -0.39 is 11.2 Å². The molecular formula is C13H10N2O3. The molecule has 3 rings (SSSR count). The molecule has 5 heteroatoms. The molecule has 0 spiro atoms. The lowest BCUT2D eigenvalue weighted by atomic mass is 10.0. The fraction of sp³-hybridized carbons (Fsp3) is 0.0769. The first kappa shape index (κ1) is 10.6. The summed E-state index contributed by atoms with van der Waals surface area (Å²) >= 11 is 0. The van der Waals surface area contributed by atoms with E-state index >= 15 is 0 Å². The van der Waals surface area contributed by atoms with E-state index in [2.05, 4.69) is 9.97 Å². The van der Waals surface area contributed by atoms with Crippen LogP contribution >= 0.6 is 0 Å². The highest BCUT2D eigenvalue weighted by molar-refractivity contribution is 5.93. The number of rotatable bonds is 1. The maximum Gasteiger partial charge on any atom is 0.328 e. The second kappa shape index (κ2) is 3.73. The highest BCUT2D eigenvalue weighted by atomic mass is 16.3. The van der Waals surface area contributed by atoms with Gasteiger partial charge >= 0.3 is 5.69 Å². The van der Waals surface area contributed by atoms with E-state index in [0.717, 1.165) is 5.56 Å². The lowest BCUT2D eigenvalue weighted by Gasteiger charge is -1.98. The van der Waals surface area contributed by atoms with Crippen LogP contribution in [0.2, 0.25) is 0 Å². The maximum atomic E-state index is 11.9. The number of benzene rings is 1. The van der Waals surface area contributed by atoms with Crippen molar-refractivity contribution in [2.75, 3.05) is 0 Å². The van der Waals surface area contributed by atoms with Crippen molar-refractivity contribution in [3.63, 3.8) is 0 Å². The monoisotopic (exact) mass is 242 g/mol. The lowest BCUT2D eigenvalue weighted by Crippen LogP contribution is -2.21. The molecule has 18 heavy (non-hydrogen) atoms. The van der Waals surface area contributed by atoms with Gasteiger partial charge < -0.3 is 4.42 Å². The van der Waals surface area contributed by atoms with Crippen LogP contribution < -0.4 is 11.2 Å². The summed E-state index contributed by atoms with van der Waals surface area (Å²) in [5.41, 5.74) is 0.791. The molecule has 0 aliphatic carbocycles. The Morgan fingerprint density at radius 2 is 1.78 bits per heavy atom. The Hall–Kier alpha value is -2.56. The van der Waals surface area contributed by atoms with Crippen LogP contribution in [0.15, 0.2) is 44.3 Å². The Morgan fingerprint density at radius 3 is 2.50 bits per heavy atom. The average Bonchev–Trinajstić information content (AvgIpc) is 2.66. The van der Waals surface area contributed by atoms with Crippen molar-refractivity contribution in [2.45, 2.75) is 6.92 Å². The van der Waals surface area contributed by atoms with Crippen molar-refractivity contribution in [1.82, 2.24) is 9.97 Å². The van der Waals surface area contributed by atoms with Crippen LogP contribution in [0.3, 0.4) is 0 Å². The van der Waals surface area contributed by atoms with Crippen molar-refractivity contribution < 1.29 is 4.42 Å². The summed E-state index contributed by atoms with van der Waals surface area (Å²) in [7, 11) is 0. The molecule has 0 aliphatic rings. The fourth-order valence-corrected chi connectivity index (χ4v) is 2.10. The molecule has 0 atom stereocenters. The number of aromatic amines is 2. The molecule has 0 saturated heterocycles. The topological polar surface area (TPSA) is 78.9 Å². The molecule has 0 radical (unpaired) electrons. The van der Waals surface area contributed by atoms with Gasteiger partial charge in [-0.1, -0.05) is 30.3 Å². The number of aromatic nitrogens is 2. The largest absolute Gasteiger partial charge is 0.444 e. The van der Waals surface area contributed by atoms with Crippen LogP contribution in [0.1, 0.15) is 5.76 Å². The van der Waals surface area contributed by atoms with Crippen LogP contribution in [0.4, 0.5) is 0 Å². The van der Waals surface area contributed by atoms with E-state index in [1.54, 1.807) is 6.92 Å². The number of hydrogen-bond donors (Lipinski definition) is 2. The third-order valence-electron chi connectivity index (χ3n) is 2.83. The number of H-pyrrole nitrogens is 2. The minimum atomic E-state index is -0.569. The summed E-state index contributed by atoms with van der Waals surface area (Å²) in [4.78, 5) is 27.8. The number of furan rings is 1. The molecule has 2 N–H and O–H groups in total. The summed E-state index contributed by atoms with van der Waals surface area (Å²) in [5, 5.41) is 0.373. The van der Waals surface area contributed by atoms with Crippen molar-refractivity contribution in [3.05, 3.63) is 56.9 Å². The van der Waals surface area contributed by atoms with E-state index in [0.29, 0.717) is 16.7 Å². The quantitative estimate of drug-likeness (QED) is 0.682. The highest BCUT2D eigenvalue weighted by Crippen LogP contribution is 2.30. The molecule has 0 saturated carbocycles. The van der Waals surface area contributed by atoms with Gasteiger partial charge in [-0.3, -0.25) is 14.8 Å². The van der Waals surface area contributed by atoms with Gasteiger partial charge in [0, 0.05) is 5.56 Å². The SMILES string of the molecule is Cc1oc2[nH]c(=O)[nH]c(=O)c2c1-c1ccccc1. The molecule has 3 aromatic rings. The van der Waals surface area contributed by atoms with Crippen LogP contribution in [-0.2, 0) is 0 Å². The third kappa shape index (κ3) is 1.48. The molecule has 5 nitrogen and oxygen atoms in total. The first-order chi connectivity index (χ1) is 8.66. The van der Waals surface area contributed by atoms with Gasteiger partial charge in [-0.05, 0) is 12.5 Å². The molecule has 2 heterocycles. The second-order valence-electron chi connectivity index (χ2n) is 4.01. The minimum Gasteiger partial charge on any atom is -0.444 e. The van der Waals surface area contributed by atoms with Crippen molar-refractivity contribution in [3.8, 4) is 11.1 Å². The molecular weight excluding hydrogens is 232 g/mol. The molecule has 1 aromatic carbocycles. The van der Waals surface area contributed by atoms with Gasteiger partial charge in [-0.2, -0.15) is 0 Å². The van der Waals surface area contributed by atoms with Gasteiger partial charge in [0.1, 0.15) is 11.1 Å². The Balaban J connectivity index is 2.47. The van der Waals surface area contributed by atoms with Crippen LogP contribution in [0.5, 0.6) is 0 Å². The lowest BCUT2D eigenvalue weighted by molar-refractivity contribution is 0.566. The van der Waals surface area contributed by atoms with Gasteiger partial charge in [0.15, 0.2) is 0 Å². The van der Waals surface area contributed by atoms with Crippen LogP contribution in [-0.4, -0.2) is 9.97 Å². The highest BCUT2D eigenvalue weighted by Gasteiger charge is 2.16. The van der Waals surface area contributed by atoms with E-state index in [-0.39, 0.29) is 5.71 Å². The first-order valence-corrected chi connectivity index (χ1v) is 5.48. The number of fused-ring (bicyclic) bond motifs is 1. The molecule has 0 amide bonds. The summed E-state index contributed by atoms with van der Waals surface area (Å²) in [6.07, 6.45) is 0. The Morgan fingerprint density at radius 1 is 1.06 bits per heavy atom.